The van der Waals surface area contributed by atoms with Crippen LogP contribution in [0.15, 0.2) is 0 Å². The van der Waals surface area contributed by atoms with Crippen LogP contribution in [0, 0.1) is 0 Å². The first-order chi connectivity index (χ1) is 9.97. The molecule has 0 radical (unpaired) electrons. The summed E-state index contributed by atoms with van der Waals surface area (Å²) in [6.07, 6.45) is 1.38. The van der Waals surface area contributed by atoms with Crippen molar-refractivity contribution in [3.8, 4) is 0 Å². The number of likely N-dealkylation sites (tertiary alicyclic amines) is 1. The number of nitrogens with zero attached hydrogens (tertiary/aromatic N) is 3. The monoisotopic (exact) mass is 299 g/mol. The number of likely N-dealkylation sites (N-methyl/N-ethyl adjacent to an activating group) is 1. The number of hydrogen-bond donors (Lipinski definition) is 1. The van der Waals surface area contributed by atoms with Crippen LogP contribution in [0.2, 0.25) is 0 Å². The SMILES string of the molecule is CC1CN(C(=O)N2CCC(OCC(=O)O)CC2)CCN1C. The number of ether oxygens (including phenoxy) is 1. The van der Waals surface area contributed by atoms with Crippen molar-refractivity contribution >= 4 is 12.0 Å². The van der Waals surface area contributed by atoms with E-state index in [0.29, 0.717) is 32.0 Å². The maximum atomic E-state index is 12.5. The van der Waals surface area contributed by atoms with E-state index in [-0.39, 0.29) is 18.7 Å². The van der Waals surface area contributed by atoms with Crippen LogP contribution >= 0.6 is 0 Å². The smallest absolute Gasteiger partial charge is 0.329 e. The van der Waals surface area contributed by atoms with Gasteiger partial charge >= 0.3 is 12.0 Å². The number of urea groups is 1. The fourth-order valence-corrected chi connectivity index (χ4v) is 2.83. The molecule has 0 aromatic rings. The molecule has 2 rings (SSSR count). The number of carboxylic acid groups (broad SMARTS) is 1. The molecule has 2 fully saturated rings. The first kappa shape index (κ1) is 16.0. The summed E-state index contributed by atoms with van der Waals surface area (Å²) in [5.74, 6) is -0.945. The van der Waals surface area contributed by atoms with Crippen molar-refractivity contribution in [2.45, 2.75) is 31.9 Å². The molecule has 2 aliphatic rings. The normalized spacial score (nSPS) is 25.1. The van der Waals surface area contributed by atoms with Crippen molar-refractivity contribution in [1.29, 1.82) is 0 Å². The van der Waals surface area contributed by atoms with Gasteiger partial charge < -0.3 is 24.5 Å². The van der Waals surface area contributed by atoms with Gasteiger partial charge in [-0.25, -0.2) is 9.59 Å². The highest BCUT2D eigenvalue weighted by atomic mass is 16.5. The second-order valence-corrected chi connectivity index (χ2v) is 5.95. The first-order valence-electron chi connectivity index (χ1n) is 7.55. The Kier molecular flexibility index (Phi) is 5.41. The Morgan fingerprint density at radius 3 is 2.38 bits per heavy atom. The number of piperazine rings is 1. The predicted octanol–water partition coefficient (Wildman–Crippen LogP) is 0.308. The number of carbonyl (C=O) groups excluding carboxylic acids is 1. The number of carbonyl (C=O) groups is 2. The average molecular weight is 299 g/mol. The fourth-order valence-electron chi connectivity index (χ4n) is 2.83. The zero-order chi connectivity index (χ0) is 15.4. The number of rotatable bonds is 3. The van der Waals surface area contributed by atoms with Crippen LogP contribution in [-0.2, 0) is 9.53 Å². The molecule has 2 amide bonds. The molecule has 1 atom stereocenters. The topological polar surface area (TPSA) is 73.3 Å². The van der Waals surface area contributed by atoms with Gasteiger partial charge in [-0.3, -0.25) is 0 Å². The Bertz CT molecular complexity index is 382. The Hall–Kier alpha value is -1.34. The van der Waals surface area contributed by atoms with Gasteiger partial charge in [0.05, 0.1) is 6.10 Å². The van der Waals surface area contributed by atoms with Crippen LogP contribution in [0.5, 0.6) is 0 Å². The van der Waals surface area contributed by atoms with Crippen molar-refractivity contribution in [1.82, 2.24) is 14.7 Å². The molecule has 0 spiro atoms. The molecule has 1 N–H and O–H groups in total. The third-order valence-electron chi connectivity index (χ3n) is 4.39. The Morgan fingerprint density at radius 2 is 1.81 bits per heavy atom. The third-order valence-corrected chi connectivity index (χ3v) is 4.39. The number of hydrogen-bond acceptors (Lipinski definition) is 4. The summed E-state index contributed by atoms with van der Waals surface area (Å²) in [6.45, 7) is 5.61. The zero-order valence-corrected chi connectivity index (χ0v) is 12.8. The summed E-state index contributed by atoms with van der Waals surface area (Å²) in [7, 11) is 2.08. The molecule has 7 heteroatoms. The summed E-state index contributed by atoms with van der Waals surface area (Å²) in [4.78, 5) is 29.0. The molecule has 21 heavy (non-hydrogen) atoms. The summed E-state index contributed by atoms with van der Waals surface area (Å²) in [6, 6.07) is 0.491. The molecule has 7 nitrogen and oxygen atoms in total. The van der Waals surface area contributed by atoms with Crippen LogP contribution in [0.25, 0.3) is 0 Å². The van der Waals surface area contributed by atoms with Gasteiger partial charge in [-0.1, -0.05) is 0 Å². The molecule has 2 aliphatic heterocycles. The lowest BCUT2D eigenvalue weighted by atomic mass is 10.1. The molecule has 0 saturated carbocycles. The van der Waals surface area contributed by atoms with E-state index in [2.05, 4.69) is 18.9 Å². The van der Waals surface area contributed by atoms with Crippen LogP contribution in [-0.4, -0.2) is 90.3 Å². The van der Waals surface area contributed by atoms with Crippen molar-refractivity contribution < 1.29 is 19.4 Å². The van der Waals surface area contributed by atoms with E-state index in [4.69, 9.17) is 9.84 Å². The minimum absolute atomic E-state index is 0.0448. The quantitative estimate of drug-likeness (QED) is 0.812. The number of carboxylic acids is 1. The van der Waals surface area contributed by atoms with Crippen LogP contribution in [0.4, 0.5) is 4.79 Å². The lowest BCUT2D eigenvalue weighted by Crippen LogP contribution is -2.56. The average Bonchev–Trinajstić information content (AvgIpc) is 2.48. The Balaban J connectivity index is 1.76. The predicted molar refractivity (Wildman–Crippen MR) is 77.2 cm³/mol. The highest BCUT2D eigenvalue weighted by molar-refractivity contribution is 5.74. The first-order valence-corrected chi connectivity index (χ1v) is 7.55. The lowest BCUT2D eigenvalue weighted by Gasteiger charge is -2.41. The standard InChI is InChI=1S/C14H25N3O4/c1-11-9-17(8-7-15(11)2)14(20)16-5-3-12(4-6-16)21-10-13(18)19/h11-12H,3-10H2,1-2H3,(H,18,19). The Morgan fingerprint density at radius 1 is 1.14 bits per heavy atom. The van der Waals surface area contributed by atoms with Crippen LogP contribution in [0.3, 0.4) is 0 Å². The summed E-state index contributed by atoms with van der Waals surface area (Å²) >= 11 is 0. The van der Waals surface area contributed by atoms with Gasteiger partial charge in [-0.2, -0.15) is 0 Å². The third kappa shape index (κ3) is 4.31. The van der Waals surface area contributed by atoms with Gasteiger partial charge in [-0.15, -0.1) is 0 Å². The lowest BCUT2D eigenvalue weighted by molar-refractivity contribution is -0.145. The summed E-state index contributed by atoms with van der Waals surface area (Å²) in [5, 5.41) is 8.60. The summed E-state index contributed by atoms with van der Waals surface area (Å²) < 4.78 is 5.29. The fraction of sp³-hybridized carbons (Fsp3) is 0.857. The number of piperidine rings is 1. The van der Waals surface area contributed by atoms with E-state index in [1.807, 2.05) is 9.80 Å². The second kappa shape index (κ2) is 7.09. The van der Waals surface area contributed by atoms with Gasteiger partial charge in [0.15, 0.2) is 0 Å². The number of aliphatic carboxylic acids is 1. The van der Waals surface area contributed by atoms with E-state index in [1.165, 1.54) is 0 Å². The molecule has 2 heterocycles. The number of amides is 2. The van der Waals surface area contributed by atoms with Crippen molar-refractivity contribution in [2.75, 3.05) is 46.4 Å². The van der Waals surface area contributed by atoms with Crippen molar-refractivity contribution in [3.63, 3.8) is 0 Å². The molecule has 120 valence electrons. The maximum Gasteiger partial charge on any atom is 0.329 e. The van der Waals surface area contributed by atoms with Gasteiger partial charge in [0.1, 0.15) is 6.61 Å². The highest BCUT2D eigenvalue weighted by Gasteiger charge is 2.30. The van der Waals surface area contributed by atoms with Gasteiger partial charge in [0.2, 0.25) is 0 Å². The molecule has 1 unspecified atom stereocenters. The molecule has 0 bridgehead atoms. The minimum atomic E-state index is -0.945. The van der Waals surface area contributed by atoms with E-state index in [9.17, 15) is 9.59 Å². The summed E-state index contributed by atoms with van der Waals surface area (Å²) in [5.41, 5.74) is 0. The van der Waals surface area contributed by atoms with E-state index in [1.54, 1.807) is 0 Å². The Labute approximate surface area is 125 Å². The van der Waals surface area contributed by atoms with E-state index < -0.39 is 5.97 Å². The van der Waals surface area contributed by atoms with Gasteiger partial charge in [-0.05, 0) is 26.8 Å². The molecule has 0 aromatic carbocycles. The van der Waals surface area contributed by atoms with Crippen LogP contribution < -0.4 is 0 Å². The minimum Gasteiger partial charge on any atom is -0.480 e. The van der Waals surface area contributed by atoms with Crippen molar-refractivity contribution in [3.05, 3.63) is 0 Å². The zero-order valence-electron chi connectivity index (χ0n) is 12.8. The van der Waals surface area contributed by atoms with E-state index >= 15 is 0 Å². The second-order valence-electron chi connectivity index (χ2n) is 5.95. The molecule has 0 aromatic heterocycles. The van der Waals surface area contributed by atoms with Gasteiger partial charge in [0.25, 0.3) is 0 Å². The highest BCUT2D eigenvalue weighted by Crippen LogP contribution is 2.17. The molecule has 0 aliphatic carbocycles. The van der Waals surface area contributed by atoms with Gasteiger partial charge in [0, 0.05) is 38.8 Å². The largest absolute Gasteiger partial charge is 0.480 e. The van der Waals surface area contributed by atoms with Crippen molar-refractivity contribution in [2.24, 2.45) is 0 Å². The molecule has 2 saturated heterocycles. The van der Waals surface area contributed by atoms with Crippen LogP contribution in [0.1, 0.15) is 19.8 Å². The maximum absolute atomic E-state index is 12.5. The van der Waals surface area contributed by atoms with E-state index in [0.717, 1.165) is 19.6 Å². The molecular formula is C14H25N3O4. The molecular weight excluding hydrogens is 274 g/mol.